The van der Waals surface area contributed by atoms with Crippen LogP contribution in [0.4, 0.5) is 0 Å². The first kappa shape index (κ1) is 19.9. The lowest BCUT2D eigenvalue weighted by Gasteiger charge is -2.08. The van der Waals surface area contributed by atoms with Gasteiger partial charge in [-0.05, 0) is 55.8 Å². The van der Waals surface area contributed by atoms with Gasteiger partial charge in [0.2, 0.25) is 0 Å². The van der Waals surface area contributed by atoms with E-state index in [1.54, 1.807) is 25.1 Å². The molecule has 0 N–H and O–H groups in total. The van der Waals surface area contributed by atoms with Gasteiger partial charge in [0.1, 0.15) is 18.7 Å². The van der Waals surface area contributed by atoms with Crippen LogP contribution in [0.3, 0.4) is 0 Å². The van der Waals surface area contributed by atoms with Gasteiger partial charge in [-0.2, -0.15) is 0 Å². The van der Waals surface area contributed by atoms with E-state index in [9.17, 15) is 0 Å². The van der Waals surface area contributed by atoms with Gasteiger partial charge in [-0.1, -0.05) is 12.1 Å². The first-order valence-corrected chi connectivity index (χ1v) is 10.2. The van der Waals surface area contributed by atoms with Crippen LogP contribution in [0.15, 0.2) is 54.9 Å². The van der Waals surface area contributed by atoms with Gasteiger partial charge in [0.05, 0.1) is 19.6 Å². The molecule has 3 heterocycles. The van der Waals surface area contributed by atoms with Gasteiger partial charge in [-0.25, -0.2) is 14.5 Å². The summed E-state index contributed by atoms with van der Waals surface area (Å²) >= 11 is 0. The highest BCUT2D eigenvalue weighted by Crippen LogP contribution is 2.31. The van der Waals surface area contributed by atoms with E-state index in [0.717, 1.165) is 39.4 Å². The molecule has 0 unspecified atom stereocenters. The number of hydrogen-bond acceptors (Lipinski definition) is 6. The molecule has 8 heteroatoms. The van der Waals surface area contributed by atoms with Crippen molar-refractivity contribution in [3.63, 3.8) is 0 Å². The predicted molar refractivity (Wildman–Crippen MR) is 121 cm³/mol. The molecule has 0 spiro atoms. The normalized spacial score (nSPS) is 11.2. The minimum absolute atomic E-state index is 0.223. The van der Waals surface area contributed by atoms with E-state index < -0.39 is 0 Å². The highest BCUT2D eigenvalue weighted by atomic mass is 16.5. The lowest BCUT2D eigenvalue weighted by molar-refractivity contribution is 0.276. The summed E-state index contributed by atoms with van der Waals surface area (Å²) < 4.78 is 20.4. The Morgan fingerprint density at radius 3 is 2.34 bits per heavy atom. The Bertz CT molecular complexity index is 1420. The first-order valence-electron chi connectivity index (χ1n) is 10.2. The van der Waals surface area contributed by atoms with Gasteiger partial charge in [0, 0.05) is 11.4 Å². The summed E-state index contributed by atoms with van der Waals surface area (Å²) in [5.74, 6) is 2.70. The van der Waals surface area contributed by atoms with E-state index in [1.807, 2.05) is 48.5 Å². The minimum atomic E-state index is 0.223. The Morgan fingerprint density at radius 1 is 0.875 bits per heavy atom. The van der Waals surface area contributed by atoms with Crippen LogP contribution in [0.2, 0.25) is 0 Å². The molecule has 0 saturated carbocycles. The molecule has 162 valence electrons. The molecule has 3 aromatic heterocycles. The van der Waals surface area contributed by atoms with E-state index in [4.69, 9.17) is 24.2 Å². The van der Waals surface area contributed by atoms with E-state index in [-0.39, 0.29) is 6.61 Å². The number of para-hydroxylation sites is 2. The van der Waals surface area contributed by atoms with Crippen LogP contribution in [-0.2, 0) is 6.61 Å². The Balaban J connectivity index is 1.55. The van der Waals surface area contributed by atoms with Gasteiger partial charge in [0.15, 0.2) is 28.6 Å². The Kier molecular flexibility index (Phi) is 4.89. The van der Waals surface area contributed by atoms with Crippen LogP contribution in [0.1, 0.15) is 17.1 Å². The summed E-state index contributed by atoms with van der Waals surface area (Å²) in [6, 6.07) is 15.4. The van der Waals surface area contributed by atoms with Crippen molar-refractivity contribution >= 4 is 16.7 Å². The largest absolute Gasteiger partial charge is 0.497 e. The second-order valence-electron chi connectivity index (χ2n) is 7.42. The first-order chi connectivity index (χ1) is 15.6. The smallest absolute Gasteiger partial charge is 0.189 e. The van der Waals surface area contributed by atoms with Crippen LogP contribution in [-0.4, -0.2) is 38.4 Å². The van der Waals surface area contributed by atoms with Gasteiger partial charge >= 0.3 is 0 Å². The maximum Gasteiger partial charge on any atom is 0.189 e. The van der Waals surface area contributed by atoms with Crippen molar-refractivity contribution in [2.75, 3.05) is 14.2 Å². The van der Waals surface area contributed by atoms with E-state index in [2.05, 4.69) is 23.5 Å². The molecule has 0 amide bonds. The molecule has 32 heavy (non-hydrogen) atoms. The van der Waals surface area contributed by atoms with Crippen molar-refractivity contribution in [2.24, 2.45) is 0 Å². The number of benzene rings is 2. The van der Waals surface area contributed by atoms with E-state index >= 15 is 0 Å². The molecule has 5 aromatic rings. The molecule has 0 bridgehead atoms. The van der Waals surface area contributed by atoms with Crippen molar-refractivity contribution in [1.82, 2.24) is 24.1 Å². The Morgan fingerprint density at radius 2 is 1.62 bits per heavy atom. The van der Waals surface area contributed by atoms with E-state index in [0.29, 0.717) is 17.3 Å². The SMILES string of the molecule is COc1ccc(-n2c(C)c(C)c3c2ncn2nc(COc4ccccc4OC)nc32)cc1. The average molecular weight is 429 g/mol. The fourth-order valence-electron chi connectivity index (χ4n) is 3.89. The number of fused-ring (bicyclic) bond motifs is 3. The van der Waals surface area contributed by atoms with Crippen LogP contribution in [0.5, 0.6) is 17.2 Å². The van der Waals surface area contributed by atoms with Gasteiger partial charge in [-0.3, -0.25) is 4.57 Å². The maximum absolute atomic E-state index is 5.91. The third kappa shape index (κ3) is 3.20. The Labute approximate surface area is 185 Å². The Hall–Kier alpha value is -4.07. The van der Waals surface area contributed by atoms with E-state index in [1.165, 1.54) is 0 Å². The summed E-state index contributed by atoms with van der Waals surface area (Å²) in [5, 5.41) is 5.53. The van der Waals surface area contributed by atoms with Crippen molar-refractivity contribution in [3.05, 3.63) is 71.9 Å². The molecular weight excluding hydrogens is 406 g/mol. The molecule has 0 atom stereocenters. The molecule has 5 rings (SSSR count). The lowest BCUT2D eigenvalue weighted by Crippen LogP contribution is -2.00. The third-order valence-corrected chi connectivity index (χ3v) is 5.63. The fraction of sp³-hybridized carbons (Fsp3) is 0.208. The molecule has 0 aliphatic carbocycles. The molecule has 0 fully saturated rings. The molecule has 0 saturated heterocycles. The van der Waals surface area contributed by atoms with Crippen molar-refractivity contribution in [2.45, 2.75) is 20.5 Å². The number of methoxy groups -OCH3 is 2. The van der Waals surface area contributed by atoms with Gasteiger partial charge in [-0.15, -0.1) is 5.10 Å². The molecule has 2 aromatic carbocycles. The second-order valence-corrected chi connectivity index (χ2v) is 7.42. The van der Waals surface area contributed by atoms with Crippen LogP contribution in [0, 0.1) is 13.8 Å². The second kappa shape index (κ2) is 7.88. The molecular formula is C24H23N5O3. The fourth-order valence-corrected chi connectivity index (χ4v) is 3.89. The zero-order valence-electron chi connectivity index (χ0n) is 18.4. The third-order valence-electron chi connectivity index (χ3n) is 5.63. The van der Waals surface area contributed by atoms with Crippen LogP contribution in [0.25, 0.3) is 22.4 Å². The zero-order valence-corrected chi connectivity index (χ0v) is 18.4. The highest BCUT2D eigenvalue weighted by Gasteiger charge is 2.19. The number of aromatic nitrogens is 5. The average Bonchev–Trinajstić information content (AvgIpc) is 3.36. The number of aryl methyl sites for hydroxylation is 1. The number of ether oxygens (including phenoxy) is 3. The van der Waals surface area contributed by atoms with Crippen molar-refractivity contribution in [1.29, 1.82) is 0 Å². The summed E-state index contributed by atoms with van der Waals surface area (Å²) in [6.45, 7) is 4.39. The predicted octanol–water partition coefficient (Wildman–Crippen LogP) is 4.28. The quantitative estimate of drug-likeness (QED) is 0.401. The summed E-state index contributed by atoms with van der Waals surface area (Å²) in [6.07, 6.45) is 1.69. The van der Waals surface area contributed by atoms with Crippen molar-refractivity contribution < 1.29 is 14.2 Å². The maximum atomic E-state index is 5.91. The summed E-state index contributed by atoms with van der Waals surface area (Å²) in [5.41, 5.74) is 4.81. The van der Waals surface area contributed by atoms with Crippen LogP contribution >= 0.6 is 0 Å². The molecule has 8 nitrogen and oxygen atoms in total. The number of rotatable bonds is 6. The van der Waals surface area contributed by atoms with Crippen LogP contribution < -0.4 is 14.2 Å². The minimum Gasteiger partial charge on any atom is -0.497 e. The number of nitrogens with zero attached hydrogens (tertiary/aromatic N) is 5. The summed E-state index contributed by atoms with van der Waals surface area (Å²) in [7, 11) is 3.28. The standard InChI is InChI=1S/C24H23N5O3/c1-15-16(2)29(17-9-11-18(30-3)12-10-17)23-22(15)24-26-21(27-28(24)14-25-23)13-32-20-8-6-5-7-19(20)31-4/h5-12,14H,13H2,1-4H3. The highest BCUT2D eigenvalue weighted by molar-refractivity contribution is 5.95. The van der Waals surface area contributed by atoms with Gasteiger partial charge in [0.25, 0.3) is 0 Å². The molecule has 0 radical (unpaired) electrons. The zero-order chi connectivity index (χ0) is 22.2. The monoisotopic (exact) mass is 429 g/mol. The molecule has 0 aliphatic rings. The number of hydrogen-bond donors (Lipinski definition) is 0. The summed E-state index contributed by atoms with van der Waals surface area (Å²) in [4.78, 5) is 9.46. The molecule has 0 aliphatic heterocycles. The van der Waals surface area contributed by atoms with Gasteiger partial charge < -0.3 is 14.2 Å². The lowest BCUT2D eigenvalue weighted by atomic mass is 10.2. The topological polar surface area (TPSA) is 75.7 Å². The van der Waals surface area contributed by atoms with Crippen molar-refractivity contribution in [3.8, 4) is 22.9 Å².